The Morgan fingerprint density at radius 3 is 1.72 bits per heavy atom. The minimum absolute atomic E-state index is 0.312. The molecule has 8 aromatic rings. The SMILES string of the molecule is CCCCCCCCn1c(=O)c2c(nc(-c3ccc4ccc5c(-c6nc7c(c(=O)[nH]c(=O)n7C)n6C)ccc6ccc3c4c65)n2C)n(C)c1=O. The molecule has 0 spiro atoms. The first-order chi connectivity index (χ1) is 24.1. The van der Waals surface area contributed by atoms with Crippen LogP contribution >= 0.6 is 0 Å². The van der Waals surface area contributed by atoms with E-state index in [1.807, 2.05) is 29.8 Å². The zero-order valence-electron chi connectivity index (χ0n) is 28.8. The molecule has 4 aromatic carbocycles. The number of fused-ring (bicyclic) bond motifs is 2. The summed E-state index contributed by atoms with van der Waals surface area (Å²) in [7, 11) is 6.88. The fourth-order valence-corrected chi connectivity index (χ4v) is 7.67. The van der Waals surface area contributed by atoms with Crippen LogP contribution in [0, 0.1) is 0 Å². The number of hydrogen-bond donors (Lipinski definition) is 1. The number of imidazole rings is 2. The molecule has 8 rings (SSSR count). The van der Waals surface area contributed by atoms with Crippen molar-refractivity contribution in [1.82, 2.24) is 37.8 Å². The van der Waals surface area contributed by atoms with E-state index in [4.69, 9.17) is 9.97 Å². The van der Waals surface area contributed by atoms with Gasteiger partial charge in [-0.05, 0) is 38.7 Å². The first-order valence-corrected chi connectivity index (χ1v) is 17.2. The molecule has 4 heterocycles. The highest BCUT2D eigenvalue weighted by Gasteiger charge is 2.23. The number of aromatic amines is 1. The van der Waals surface area contributed by atoms with Crippen molar-refractivity contribution >= 4 is 54.6 Å². The molecule has 0 amide bonds. The van der Waals surface area contributed by atoms with Gasteiger partial charge in [0, 0.05) is 45.9 Å². The van der Waals surface area contributed by atoms with Gasteiger partial charge in [-0.2, -0.15) is 0 Å². The molecule has 254 valence electrons. The van der Waals surface area contributed by atoms with Crippen LogP contribution in [0.15, 0.2) is 67.7 Å². The Balaban J connectivity index is 1.30. The number of rotatable bonds is 9. The second kappa shape index (κ2) is 11.7. The zero-order chi connectivity index (χ0) is 35.0. The van der Waals surface area contributed by atoms with E-state index < -0.39 is 11.2 Å². The summed E-state index contributed by atoms with van der Waals surface area (Å²) in [6.07, 6.45) is 6.37. The van der Waals surface area contributed by atoms with Gasteiger partial charge in [0.1, 0.15) is 11.6 Å². The number of H-pyrrole nitrogens is 1. The van der Waals surface area contributed by atoms with E-state index in [1.54, 1.807) is 25.7 Å². The van der Waals surface area contributed by atoms with Crippen LogP contribution in [-0.4, -0.2) is 37.8 Å². The van der Waals surface area contributed by atoms with Gasteiger partial charge < -0.3 is 9.13 Å². The maximum atomic E-state index is 13.8. The molecule has 0 aliphatic rings. The van der Waals surface area contributed by atoms with E-state index in [-0.39, 0.29) is 11.2 Å². The molecule has 1 N–H and O–H groups in total. The van der Waals surface area contributed by atoms with Crippen molar-refractivity contribution in [2.75, 3.05) is 0 Å². The molecule has 0 aliphatic carbocycles. The highest BCUT2D eigenvalue weighted by atomic mass is 16.2. The monoisotopic (exact) mass is 670 g/mol. The summed E-state index contributed by atoms with van der Waals surface area (Å²) in [5.41, 5.74) is 1.37. The summed E-state index contributed by atoms with van der Waals surface area (Å²) in [5.74, 6) is 1.16. The minimum atomic E-state index is -0.520. The van der Waals surface area contributed by atoms with E-state index in [2.05, 4.69) is 42.2 Å². The minimum Gasteiger partial charge on any atom is -0.321 e. The fraction of sp³-hybridized carbons (Fsp3) is 0.316. The van der Waals surface area contributed by atoms with Gasteiger partial charge in [-0.1, -0.05) is 87.6 Å². The number of hydrogen-bond acceptors (Lipinski definition) is 6. The summed E-state index contributed by atoms with van der Waals surface area (Å²) in [4.78, 5) is 64.5. The fourth-order valence-electron chi connectivity index (χ4n) is 7.67. The molecule has 12 nitrogen and oxygen atoms in total. The van der Waals surface area contributed by atoms with Gasteiger partial charge in [-0.15, -0.1) is 0 Å². The predicted octanol–water partition coefficient (Wildman–Crippen LogP) is 5.30. The van der Waals surface area contributed by atoms with Crippen LogP contribution in [-0.2, 0) is 34.7 Å². The highest BCUT2D eigenvalue weighted by molar-refractivity contribution is 6.27. The lowest BCUT2D eigenvalue weighted by atomic mass is 9.89. The molecule has 0 saturated carbocycles. The Hall–Kier alpha value is -5.78. The molecule has 12 heteroatoms. The van der Waals surface area contributed by atoms with Gasteiger partial charge >= 0.3 is 11.4 Å². The number of unbranched alkanes of at least 4 members (excludes halogenated alkanes) is 5. The Labute approximate surface area is 285 Å². The zero-order valence-corrected chi connectivity index (χ0v) is 28.8. The van der Waals surface area contributed by atoms with Crippen LogP contribution in [0.1, 0.15) is 45.4 Å². The maximum Gasteiger partial charge on any atom is 0.332 e. The third-order valence-corrected chi connectivity index (χ3v) is 10.4. The number of nitrogens with zero attached hydrogens (tertiary/aromatic N) is 7. The summed E-state index contributed by atoms with van der Waals surface area (Å²) in [5, 5.41) is 6.04. The largest absolute Gasteiger partial charge is 0.332 e. The van der Waals surface area contributed by atoms with E-state index in [9.17, 15) is 19.2 Å². The summed E-state index contributed by atoms with van der Waals surface area (Å²) < 4.78 is 7.73. The molecule has 4 aromatic heterocycles. The average molecular weight is 671 g/mol. The van der Waals surface area contributed by atoms with Gasteiger partial charge in [-0.25, -0.2) is 19.6 Å². The summed E-state index contributed by atoms with van der Waals surface area (Å²) in [6, 6.07) is 16.4. The molecular formula is C38H38N8O4. The van der Waals surface area contributed by atoms with Crippen molar-refractivity contribution in [3.05, 3.63) is 90.2 Å². The highest BCUT2D eigenvalue weighted by Crippen LogP contribution is 2.42. The van der Waals surface area contributed by atoms with Crippen LogP contribution in [0.25, 0.3) is 77.4 Å². The Morgan fingerprint density at radius 1 is 0.600 bits per heavy atom. The van der Waals surface area contributed by atoms with Crippen LogP contribution in [0.5, 0.6) is 0 Å². The van der Waals surface area contributed by atoms with Crippen LogP contribution < -0.4 is 22.5 Å². The van der Waals surface area contributed by atoms with E-state index in [1.165, 1.54) is 26.5 Å². The molecular weight excluding hydrogens is 632 g/mol. The second-order valence-electron chi connectivity index (χ2n) is 13.4. The van der Waals surface area contributed by atoms with Gasteiger partial charge in [-0.3, -0.25) is 28.3 Å². The smallest absolute Gasteiger partial charge is 0.321 e. The maximum absolute atomic E-state index is 13.8. The van der Waals surface area contributed by atoms with Gasteiger partial charge in [0.2, 0.25) is 0 Å². The molecule has 0 saturated heterocycles. The van der Waals surface area contributed by atoms with Crippen molar-refractivity contribution in [3.8, 4) is 22.8 Å². The van der Waals surface area contributed by atoms with Gasteiger partial charge in [0.15, 0.2) is 22.3 Å². The van der Waals surface area contributed by atoms with Crippen molar-refractivity contribution < 1.29 is 0 Å². The molecule has 0 bridgehead atoms. The standard InChI is InChI=1S/C38H38N8O4/c1-6-7-8-9-10-11-20-46-36(48)30-34(45(5)38(46)50)40-32(43(30)3)26-19-15-22-12-16-23-25(18-14-21-13-17-24(26)28(22)27(21)23)31-39-33-29(42(31)2)35(47)41-37(49)44(33)4/h12-19H,6-11,20H2,1-5H3,(H,41,47,49). The molecule has 0 fully saturated rings. The Morgan fingerprint density at radius 2 is 1.12 bits per heavy atom. The molecule has 0 atom stereocenters. The lowest BCUT2D eigenvalue weighted by Crippen LogP contribution is -2.39. The first-order valence-electron chi connectivity index (χ1n) is 17.2. The Bertz CT molecular complexity index is 2900. The van der Waals surface area contributed by atoms with E-state index >= 15 is 0 Å². The third-order valence-electron chi connectivity index (χ3n) is 10.4. The van der Waals surface area contributed by atoms with Crippen molar-refractivity contribution in [3.63, 3.8) is 0 Å². The van der Waals surface area contributed by atoms with E-state index in [0.717, 1.165) is 69.1 Å². The topological polar surface area (TPSA) is 134 Å². The van der Waals surface area contributed by atoms with Crippen molar-refractivity contribution in [2.45, 2.75) is 52.0 Å². The van der Waals surface area contributed by atoms with Crippen molar-refractivity contribution in [1.29, 1.82) is 0 Å². The molecule has 0 unspecified atom stereocenters. The van der Waals surface area contributed by atoms with Gasteiger partial charge in [0.05, 0.1) is 0 Å². The summed E-state index contributed by atoms with van der Waals surface area (Å²) in [6.45, 7) is 2.56. The molecule has 0 aliphatic heterocycles. The summed E-state index contributed by atoms with van der Waals surface area (Å²) >= 11 is 0. The second-order valence-corrected chi connectivity index (χ2v) is 13.4. The Kier molecular flexibility index (Phi) is 7.35. The normalized spacial score (nSPS) is 12.2. The lowest BCUT2D eigenvalue weighted by molar-refractivity contribution is 0.526. The molecule has 0 radical (unpaired) electrons. The van der Waals surface area contributed by atoms with E-state index in [0.29, 0.717) is 40.5 Å². The number of aromatic nitrogens is 8. The van der Waals surface area contributed by atoms with Crippen molar-refractivity contribution in [2.24, 2.45) is 28.2 Å². The number of benzene rings is 4. The quantitative estimate of drug-likeness (QED) is 0.164. The number of aryl methyl sites for hydroxylation is 4. The third kappa shape index (κ3) is 4.50. The van der Waals surface area contributed by atoms with Crippen LogP contribution in [0.2, 0.25) is 0 Å². The number of nitrogens with one attached hydrogen (secondary N) is 1. The van der Waals surface area contributed by atoms with Gasteiger partial charge in [0.25, 0.3) is 11.1 Å². The predicted molar refractivity (Wildman–Crippen MR) is 198 cm³/mol. The first kappa shape index (κ1) is 31.5. The average Bonchev–Trinajstić information content (AvgIpc) is 3.65. The molecule has 50 heavy (non-hydrogen) atoms. The lowest BCUT2D eigenvalue weighted by Gasteiger charge is -2.16. The van der Waals surface area contributed by atoms with Crippen LogP contribution in [0.4, 0.5) is 0 Å². The van der Waals surface area contributed by atoms with Crippen LogP contribution in [0.3, 0.4) is 0 Å².